The summed E-state index contributed by atoms with van der Waals surface area (Å²) in [5.41, 5.74) is 9.06. The molecule has 3 heteroatoms. The van der Waals surface area contributed by atoms with Crippen LogP contribution in [-0.2, 0) is 4.79 Å². The highest BCUT2D eigenvalue weighted by Crippen LogP contribution is 2.51. The molecule has 1 amide bonds. The molecule has 1 aromatic carbocycles. The lowest BCUT2D eigenvalue weighted by Crippen LogP contribution is -2.34. The molecule has 1 heterocycles. The summed E-state index contributed by atoms with van der Waals surface area (Å²) in [7, 11) is 0. The van der Waals surface area contributed by atoms with E-state index in [0.29, 0.717) is 11.8 Å². The van der Waals surface area contributed by atoms with Crippen molar-refractivity contribution in [2.45, 2.75) is 69.2 Å². The van der Waals surface area contributed by atoms with E-state index in [4.69, 9.17) is 5.73 Å². The third-order valence-corrected chi connectivity index (χ3v) is 6.38. The average molecular weight is 326 g/mol. The van der Waals surface area contributed by atoms with Gasteiger partial charge in [-0.2, -0.15) is 0 Å². The highest BCUT2D eigenvalue weighted by atomic mass is 16.2. The van der Waals surface area contributed by atoms with E-state index in [9.17, 15) is 4.79 Å². The summed E-state index contributed by atoms with van der Waals surface area (Å²) < 4.78 is 0. The van der Waals surface area contributed by atoms with Gasteiger partial charge in [0.15, 0.2) is 0 Å². The Morgan fingerprint density at radius 3 is 2.50 bits per heavy atom. The van der Waals surface area contributed by atoms with E-state index in [2.05, 4.69) is 29.2 Å². The Morgan fingerprint density at radius 1 is 0.958 bits per heavy atom. The van der Waals surface area contributed by atoms with Crippen molar-refractivity contribution in [3.63, 3.8) is 0 Å². The minimum atomic E-state index is 0.224. The Labute approximate surface area is 145 Å². The minimum Gasteiger partial charge on any atom is -0.342 e. The standard InChI is InChI=1S/C21H30N2O/c22-16-8-5-12-23(13-11-16)21(24)20-14-19(20)18-10-4-3-9-17(18)15-6-1-2-7-15/h3-4,9-10,15-16,19-20H,1-2,5-8,11-14,22H2. The number of likely N-dealkylation sites (tertiary alicyclic amines) is 1. The molecule has 3 unspecified atom stereocenters. The van der Waals surface area contributed by atoms with Crippen molar-refractivity contribution < 1.29 is 4.79 Å². The number of nitrogens with zero attached hydrogens (tertiary/aromatic N) is 1. The maximum absolute atomic E-state index is 12.9. The largest absolute Gasteiger partial charge is 0.342 e. The van der Waals surface area contributed by atoms with Gasteiger partial charge in [0.1, 0.15) is 0 Å². The Bertz CT molecular complexity index is 593. The van der Waals surface area contributed by atoms with Gasteiger partial charge in [-0.3, -0.25) is 4.79 Å². The summed E-state index contributed by atoms with van der Waals surface area (Å²) >= 11 is 0. The zero-order valence-corrected chi connectivity index (χ0v) is 14.6. The van der Waals surface area contributed by atoms with Gasteiger partial charge in [0.2, 0.25) is 5.91 Å². The fourth-order valence-corrected chi connectivity index (χ4v) is 4.85. The van der Waals surface area contributed by atoms with Crippen molar-refractivity contribution >= 4 is 5.91 Å². The summed E-state index contributed by atoms with van der Waals surface area (Å²) in [6.07, 6.45) is 9.50. The van der Waals surface area contributed by atoms with Gasteiger partial charge in [-0.1, -0.05) is 37.1 Å². The molecule has 2 saturated carbocycles. The van der Waals surface area contributed by atoms with Crippen LogP contribution in [0, 0.1) is 5.92 Å². The predicted molar refractivity (Wildman–Crippen MR) is 96.9 cm³/mol. The first kappa shape index (κ1) is 16.1. The van der Waals surface area contributed by atoms with Crippen LogP contribution in [0.1, 0.15) is 74.3 Å². The van der Waals surface area contributed by atoms with Crippen molar-refractivity contribution in [1.82, 2.24) is 4.90 Å². The number of carbonyl (C=O) groups excluding carboxylic acids is 1. The van der Waals surface area contributed by atoms with Crippen molar-refractivity contribution in [1.29, 1.82) is 0 Å². The first-order valence-electron chi connectivity index (χ1n) is 9.87. The smallest absolute Gasteiger partial charge is 0.226 e. The Hall–Kier alpha value is -1.35. The normalized spacial score (nSPS) is 31.0. The second kappa shape index (κ2) is 6.87. The number of amides is 1. The van der Waals surface area contributed by atoms with Gasteiger partial charge >= 0.3 is 0 Å². The average Bonchev–Trinajstić information content (AvgIpc) is 3.28. The SMILES string of the molecule is NC1CCCN(C(=O)C2CC2c2ccccc2C2CCCC2)CC1. The van der Waals surface area contributed by atoms with Gasteiger partial charge in [-0.25, -0.2) is 0 Å². The highest BCUT2D eigenvalue weighted by Gasteiger charge is 2.47. The molecule has 3 nitrogen and oxygen atoms in total. The van der Waals surface area contributed by atoms with Crippen molar-refractivity contribution in [2.24, 2.45) is 11.7 Å². The van der Waals surface area contributed by atoms with E-state index in [1.54, 1.807) is 0 Å². The summed E-state index contributed by atoms with van der Waals surface area (Å²) in [5.74, 6) is 1.80. The van der Waals surface area contributed by atoms with Crippen LogP contribution in [-0.4, -0.2) is 29.9 Å². The molecule has 0 bridgehead atoms. The lowest BCUT2D eigenvalue weighted by molar-refractivity contribution is -0.132. The molecule has 0 spiro atoms. The summed E-state index contributed by atoms with van der Waals surface area (Å²) in [6, 6.07) is 9.20. The maximum atomic E-state index is 12.9. The molecule has 0 aromatic heterocycles. The van der Waals surface area contributed by atoms with E-state index >= 15 is 0 Å². The molecule has 1 aliphatic heterocycles. The minimum absolute atomic E-state index is 0.224. The molecule has 1 aromatic rings. The fourth-order valence-electron chi connectivity index (χ4n) is 4.85. The van der Waals surface area contributed by atoms with E-state index in [-0.39, 0.29) is 12.0 Å². The van der Waals surface area contributed by atoms with Gasteiger partial charge < -0.3 is 10.6 Å². The third kappa shape index (κ3) is 3.23. The molecule has 3 aliphatic rings. The zero-order chi connectivity index (χ0) is 16.5. The van der Waals surface area contributed by atoms with Crippen LogP contribution < -0.4 is 5.73 Å². The van der Waals surface area contributed by atoms with Crippen molar-refractivity contribution in [3.05, 3.63) is 35.4 Å². The third-order valence-electron chi connectivity index (χ3n) is 6.38. The molecule has 4 rings (SSSR count). The molecule has 130 valence electrons. The van der Waals surface area contributed by atoms with Crippen LogP contribution in [0.5, 0.6) is 0 Å². The van der Waals surface area contributed by atoms with Crippen molar-refractivity contribution in [3.8, 4) is 0 Å². The number of carbonyl (C=O) groups is 1. The molecule has 3 atom stereocenters. The van der Waals surface area contributed by atoms with Crippen LogP contribution in [0.3, 0.4) is 0 Å². The number of benzene rings is 1. The second-order valence-electron chi connectivity index (χ2n) is 8.08. The van der Waals surface area contributed by atoms with Gasteiger partial charge in [0.05, 0.1) is 0 Å². The van der Waals surface area contributed by atoms with Crippen LogP contribution >= 0.6 is 0 Å². The molecule has 2 N–H and O–H groups in total. The van der Waals surface area contributed by atoms with E-state index in [1.807, 2.05) is 0 Å². The Balaban J connectivity index is 1.45. The predicted octanol–water partition coefficient (Wildman–Crippen LogP) is 3.79. The highest BCUT2D eigenvalue weighted by molar-refractivity contribution is 5.83. The van der Waals surface area contributed by atoms with Crippen LogP contribution in [0.2, 0.25) is 0 Å². The van der Waals surface area contributed by atoms with Gasteiger partial charge in [0, 0.05) is 25.0 Å². The first-order valence-corrected chi connectivity index (χ1v) is 9.87. The summed E-state index contributed by atoms with van der Waals surface area (Å²) in [6.45, 7) is 1.76. The number of hydrogen-bond acceptors (Lipinski definition) is 2. The molecule has 0 radical (unpaired) electrons. The monoisotopic (exact) mass is 326 g/mol. The Kier molecular flexibility index (Phi) is 4.62. The lowest BCUT2D eigenvalue weighted by atomic mass is 9.90. The summed E-state index contributed by atoms with van der Waals surface area (Å²) in [5, 5.41) is 0. The van der Waals surface area contributed by atoms with Crippen molar-refractivity contribution in [2.75, 3.05) is 13.1 Å². The molecular weight excluding hydrogens is 296 g/mol. The number of rotatable bonds is 3. The van der Waals surface area contributed by atoms with Crippen LogP contribution in [0.15, 0.2) is 24.3 Å². The van der Waals surface area contributed by atoms with E-state index < -0.39 is 0 Å². The van der Waals surface area contributed by atoms with Gasteiger partial charge in [-0.05, 0) is 61.5 Å². The number of hydrogen-bond donors (Lipinski definition) is 1. The van der Waals surface area contributed by atoms with Gasteiger partial charge in [0.25, 0.3) is 0 Å². The van der Waals surface area contributed by atoms with Crippen LogP contribution in [0.25, 0.3) is 0 Å². The summed E-state index contributed by atoms with van der Waals surface area (Å²) in [4.78, 5) is 15.0. The second-order valence-corrected chi connectivity index (χ2v) is 8.08. The molecule has 2 aliphatic carbocycles. The molecule has 3 fully saturated rings. The quantitative estimate of drug-likeness (QED) is 0.918. The number of nitrogens with two attached hydrogens (primary N) is 1. The van der Waals surface area contributed by atoms with E-state index in [0.717, 1.165) is 44.7 Å². The fraction of sp³-hybridized carbons (Fsp3) is 0.667. The zero-order valence-electron chi connectivity index (χ0n) is 14.6. The van der Waals surface area contributed by atoms with Crippen LogP contribution in [0.4, 0.5) is 0 Å². The van der Waals surface area contributed by atoms with Gasteiger partial charge in [-0.15, -0.1) is 0 Å². The lowest BCUT2D eigenvalue weighted by Gasteiger charge is -2.21. The topological polar surface area (TPSA) is 46.3 Å². The molecular formula is C21H30N2O. The maximum Gasteiger partial charge on any atom is 0.226 e. The van der Waals surface area contributed by atoms with E-state index in [1.165, 1.54) is 36.8 Å². The molecule has 1 saturated heterocycles. The first-order chi connectivity index (χ1) is 11.7. The Morgan fingerprint density at radius 2 is 1.71 bits per heavy atom. The molecule has 24 heavy (non-hydrogen) atoms.